The van der Waals surface area contributed by atoms with Gasteiger partial charge in [-0.25, -0.2) is 0 Å². The van der Waals surface area contributed by atoms with E-state index in [2.05, 4.69) is 10.6 Å². The minimum Gasteiger partial charge on any atom is -0.399 e. The molecule has 1 aromatic rings. The van der Waals surface area contributed by atoms with E-state index in [4.69, 9.17) is 5.73 Å². The molecule has 106 valence electrons. The number of hydrogen-bond donors (Lipinski definition) is 3. The number of anilines is 2. The Kier molecular flexibility index (Phi) is 4.31. The molecule has 0 atom stereocenters. The minimum atomic E-state index is -0.333. The van der Waals surface area contributed by atoms with E-state index in [1.165, 1.54) is 0 Å². The van der Waals surface area contributed by atoms with Crippen LogP contribution in [0.4, 0.5) is 11.4 Å². The fourth-order valence-corrected chi connectivity index (χ4v) is 1.90. The Balaban J connectivity index is 1.79. The van der Waals surface area contributed by atoms with Gasteiger partial charge in [-0.1, -0.05) is 0 Å². The Morgan fingerprint density at radius 3 is 2.40 bits per heavy atom. The third kappa shape index (κ3) is 4.06. The first-order valence-corrected chi connectivity index (χ1v) is 6.23. The highest BCUT2D eigenvalue weighted by atomic mass is 16.2. The van der Waals surface area contributed by atoms with Crippen molar-refractivity contribution in [1.82, 2.24) is 10.2 Å². The first-order chi connectivity index (χ1) is 9.52. The molecular weight excluding hydrogens is 260 g/mol. The van der Waals surface area contributed by atoms with Crippen molar-refractivity contribution in [3.8, 4) is 0 Å². The SMILES string of the molecule is Nc1ccc(NC(=O)CCN2CC(=O)NC(=O)C2)cc1. The molecule has 7 nitrogen and oxygen atoms in total. The Morgan fingerprint density at radius 1 is 1.20 bits per heavy atom. The third-order valence-electron chi connectivity index (χ3n) is 2.86. The minimum absolute atomic E-state index is 0.140. The molecule has 1 aromatic carbocycles. The van der Waals surface area contributed by atoms with Crippen LogP contribution in [0.25, 0.3) is 0 Å². The topological polar surface area (TPSA) is 105 Å². The molecule has 2 rings (SSSR count). The zero-order chi connectivity index (χ0) is 14.5. The molecule has 20 heavy (non-hydrogen) atoms. The number of carbonyl (C=O) groups excluding carboxylic acids is 3. The lowest BCUT2D eigenvalue weighted by atomic mass is 10.2. The van der Waals surface area contributed by atoms with Crippen molar-refractivity contribution in [3.05, 3.63) is 24.3 Å². The summed E-state index contributed by atoms with van der Waals surface area (Å²) in [4.78, 5) is 35.7. The summed E-state index contributed by atoms with van der Waals surface area (Å²) in [5, 5.41) is 4.93. The lowest BCUT2D eigenvalue weighted by molar-refractivity contribution is -0.136. The van der Waals surface area contributed by atoms with Crippen molar-refractivity contribution < 1.29 is 14.4 Å². The quantitative estimate of drug-likeness (QED) is 0.510. The summed E-state index contributed by atoms with van der Waals surface area (Å²) in [6.45, 7) is 0.641. The van der Waals surface area contributed by atoms with E-state index in [1.807, 2.05) is 0 Å². The fraction of sp³-hybridized carbons (Fsp3) is 0.308. The number of nitrogens with zero attached hydrogens (tertiary/aromatic N) is 1. The maximum Gasteiger partial charge on any atom is 0.240 e. The normalized spacial score (nSPS) is 15.8. The summed E-state index contributed by atoms with van der Waals surface area (Å²) < 4.78 is 0. The molecule has 7 heteroatoms. The second-order valence-electron chi connectivity index (χ2n) is 4.60. The molecule has 0 aliphatic carbocycles. The van der Waals surface area contributed by atoms with Crippen LogP contribution in [0.3, 0.4) is 0 Å². The highest BCUT2D eigenvalue weighted by Gasteiger charge is 2.22. The van der Waals surface area contributed by atoms with Gasteiger partial charge in [0.25, 0.3) is 0 Å². The number of piperazine rings is 1. The molecule has 0 unspecified atom stereocenters. The van der Waals surface area contributed by atoms with Gasteiger partial charge in [0.1, 0.15) is 0 Å². The van der Waals surface area contributed by atoms with Crippen molar-refractivity contribution >= 4 is 29.1 Å². The Labute approximate surface area is 116 Å². The molecular formula is C13H16N4O3. The summed E-state index contributed by atoms with van der Waals surface area (Å²) in [5.74, 6) is -0.839. The maximum atomic E-state index is 11.7. The summed E-state index contributed by atoms with van der Waals surface area (Å²) in [5.41, 5.74) is 6.84. The first-order valence-electron chi connectivity index (χ1n) is 6.23. The predicted octanol–water partition coefficient (Wildman–Crippen LogP) is -0.444. The molecule has 1 aliphatic heterocycles. The molecule has 1 aliphatic rings. The van der Waals surface area contributed by atoms with Crippen molar-refractivity contribution in [2.45, 2.75) is 6.42 Å². The standard InChI is InChI=1S/C13H16N4O3/c14-9-1-3-10(4-2-9)15-11(18)5-6-17-7-12(19)16-13(20)8-17/h1-4H,5-8,14H2,(H,15,18)(H,16,19,20). The summed E-state index contributed by atoms with van der Waals surface area (Å²) >= 11 is 0. The number of nitrogens with two attached hydrogens (primary N) is 1. The average Bonchev–Trinajstić information content (AvgIpc) is 2.38. The van der Waals surface area contributed by atoms with Crippen LogP contribution in [0, 0.1) is 0 Å². The van der Waals surface area contributed by atoms with Crippen LogP contribution >= 0.6 is 0 Å². The molecule has 0 spiro atoms. The predicted molar refractivity (Wildman–Crippen MR) is 73.7 cm³/mol. The van der Waals surface area contributed by atoms with E-state index in [9.17, 15) is 14.4 Å². The van der Waals surface area contributed by atoms with Gasteiger partial charge in [-0.05, 0) is 24.3 Å². The summed E-state index contributed by atoms with van der Waals surface area (Å²) in [7, 11) is 0. The van der Waals surface area contributed by atoms with Gasteiger partial charge in [-0.3, -0.25) is 24.6 Å². The molecule has 0 aromatic heterocycles. The van der Waals surface area contributed by atoms with Crippen LogP contribution in [0.15, 0.2) is 24.3 Å². The van der Waals surface area contributed by atoms with Gasteiger partial charge in [0.2, 0.25) is 17.7 Å². The fourth-order valence-electron chi connectivity index (χ4n) is 1.90. The number of nitrogens with one attached hydrogen (secondary N) is 2. The Morgan fingerprint density at radius 2 is 1.80 bits per heavy atom. The van der Waals surface area contributed by atoms with Gasteiger partial charge >= 0.3 is 0 Å². The van der Waals surface area contributed by atoms with E-state index in [1.54, 1.807) is 29.2 Å². The largest absolute Gasteiger partial charge is 0.399 e. The lowest BCUT2D eigenvalue weighted by Crippen LogP contribution is -2.51. The number of rotatable bonds is 4. The molecule has 3 amide bonds. The first kappa shape index (κ1) is 14.0. The molecule has 0 bridgehead atoms. The molecule has 1 fully saturated rings. The number of nitrogen functional groups attached to an aromatic ring is 1. The van der Waals surface area contributed by atoms with Crippen molar-refractivity contribution in [3.63, 3.8) is 0 Å². The number of carbonyl (C=O) groups is 3. The van der Waals surface area contributed by atoms with Gasteiger partial charge in [0, 0.05) is 24.3 Å². The van der Waals surface area contributed by atoms with E-state index in [0.29, 0.717) is 17.9 Å². The molecule has 1 heterocycles. The highest BCUT2D eigenvalue weighted by Crippen LogP contribution is 2.10. The van der Waals surface area contributed by atoms with Gasteiger partial charge in [-0.15, -0.1) is 0 Å². The molecule has 0 saturated carbocycles. The van der Waals surface area contributed by atoms with Crippen LogP contribution in [-0.2, 0) is 14.4 Å². The zero-order valence-corrected chi connectivity index (χ0v) is 10.9. The van der Waals surface area contributed by atoms with Gasteiger partial charge < -0.3 is 11.1 Å². The monoisotopic (exact) mass is 276 g/mol. The number of hydrogen-bond acceptors (Lipinski definition) is 5. The molecule has 4 N–H and O–H groups in total. The average molecular weight is 276 g/mol. The Hall–Kier alpha value is -2.41. The van der Waals surface area contributed by atoms with E-state index < -0.39 is 0 Å². The van der Waals surface area contributed by atoms with Crippen LogP contribution in [0.5, 0.6) is 0 Å². The van der Waals surface area contributed by atoms with Gasteiger partial charge in [0.15, 0.2) is 0 Å². The second kappa shape index (κ2) is 6.16. The number of imide groups is 1. The van der Waals surface area contributed by atoms with E-state index >= 15 is 0 Å². The lowest BCUT2D eigenvalue weighted by Gasteiger charge is -2.24. The van der Waals surface area contributed by atoms with E-state index in [0.717, 1.165) is 0 Å². The third-order valence-corrected chi connectivity index (χ3v) is 2.86. The maximum absolute atomic E-state index is 11.7. The van der Waals surface area contributed by atoms with Crippen molar-refractivity contribution in [2.24, 2.45) is 0 Å². The highest BCUT2D eigenvalue weighted by molar-refractivity contribution is 5.99. The second-order valence-corrected chi connectivity index (χ2v) is 4.60. The van der Waals surface area contributed by atoms with Crippen LogP contribution < -0.4 is 16.4 Å². The van der Waals surface area contributed by atoms with Crippen molar-refractivity contribution in [2.75, 3.05) is 30.7 Å². The number of benzene rings is 1. The summed E-state index contributed by atoms with van der Waals surface area (Å²) in [6, 6.07) is 6.82. The van der Waals surface area contributed by atoms with Gasteiger partial charge in [-0.2, -0.15) is 0 Å². The van der Waals surface area contributed by atoms with Crippen LogP contribution in [-0.4, -0.2) is 42.3 Å². The zero-order valence-electron chi connectivity index (χ0n) is 10.9. The summed E-state index contributed by atoms with van der Waals surface area (Å²) in [6.07, 6.45) is 0.213. The van der Waals surface area contributed by atoms with E-state index in [-0.39, 0.29) is 37.2 Å². The number of amides is 3. The van der Waals surface area contributed by atoms with Gasteiger partial charge in [0.05, 0.1) is 13.1 Å². The Bertz CT molecular complexity index is 511. The smallest absolute Gasteiger partial charge is 0.240 e. The van der Waals surface area contributed by atoms with Crippen LogP contribution in [0.2, 0.25) is 0 Å². The molecule has 0 radical (unpaired) electrons. The van der Waals surface area contributed by atoms with Crippen molar-refractivity contribution in [1.29, 1.82) is 0 Å². The van der Waals surface area contributed by atoms with Crippen LogP contribution in [0.1, 0.15) is 6.42 Å². The molecule has 1 saturated heterocycles.